The summed E-state index contributed by atoms with van der Waals surface area (Å²) in [5.41, 5.74) is -1.41. The van der Waals surface area contributed by atoms with Crippen LogP contribution in [0.5, 0.6) is 11.5 Å². The number of rotatable bonds is 6. The predicted octanol–water partition coefficient (Wildman–Crippen LogP) is -6.03. The quantitative estimate of drug-likeness (QED) is 0.358. The summed E-state index contributed by atoms with van der Waals surface area (Å²) in [5, 5.41) is 35.7. The zero-order valence-corrected chi connectivity index (χ0v) is 20.9. The summed E-state index contributed by atoms with van der Waals surface area (Å²) in [6.45, 7) is 1.66. The molecule has 9 heteroatoms. The van der Waals surface area contributed by atoms with Crippen molar-refractivity contribution in [2.75, 3.05) is 13.7 Å². The molecular weight excluding hydrogens is 384 g/mol. The third-order valence-corrected chi connectivity index (χ3v) is 4.98. The van der Waals surface area contributed by atoms with Gasteiger partial charge in [0.25, 0.3) is 0 Å². The average molecular weight is 407 g/mol. The van der Waals surface area contributed by atoms with Gasteiger partial charge in [0, 0.05) is 24.0 Å². The molecule has 2 rings (SSSR count). The monoisotopic (exact) mass is 407 g/mol. The van der Waals surface area contributed by atoms with Gasteiger partial charge in [0.1, 0.15) is 5.75 Å². The molecule has 0 unspecified atom stereocenters. The molecule has 0 aliphatic heterocycles. The minimum Gasteiger partial charge on any atom is -0.870 e. The van der Waals surface area contributed by atoms with E-state index < -0.39 is 22.9 Å². The van der Waals surface area contributed by atoms with E-state index in [0.717, 1.165) is 0 Å². The standard InChI is InChI=1S/C19H25NO6.2Na/c1-18(17(23)24)7-9-19(25,10-8-18)12-20-16(22)6-4-13-3-5-14(21)15(11-13)26-2;;/h3-6,11,21,25H,7-10,12H2,1-2H3,(H,20,22)(H,23,24);;/q;2*+1/p-2/b6-4+;;/t18-,19+;;. The number of benzene rings is 1. The zero-order chi connectivity index (χ0) is 19.4. The van der Waals surface area contributed by atoms with E-state index in [4.69, 9.17) is 4.74 Å². The largest absolute Gasteiger partial charge is 1.00 e. The SMILES string of the molecule is COc1cc(/C=C/C(=O)NC[C@]2(O)CC[C@@](C)(C(=O)[O-])CC2)ccc1[O-].[Na+].[Na+]. The average Bonchev–Trinajstić information content (AvgIpc) is 2.62. The second kappa shape index (κ2) is 11.6. The van der Waals surface area contributed by atoms with E-state index in [1.54, 1.807) is 13.0 Å². The Morgan fingerprint density at radius 1 is 1.25 bits per heavy atom. The fourth-order valence-corrected chi connectivity index (χ4v) is 2.92. The van der Waals surface area contributed by atoms with Crippen LogP contribution in [0.15, 0.2) is 24.3 Å². The van der Waals surface area contributed by atoms with Crippen molar-refractivity contribution >= 4 is 18.0 Å². The predicted molar refractivity (Wildman–Crippen MR) is 91.0 cm³/mol. The van der Waals surface area contributed by atoms with Crippen LogP contribution >= 0.6 is 0 Å². The molecule has 1 saturated carbocycles. The smallest absolute Gasteiger partial charge is 0.870 e. The van der Waals surface area contributed by atoms with Crippen molar-refractivity contribution in [2.45, 2.75) is 38.2 Å². The third kappa shape index (κ3) is 7.37. The summed E-state index contributed by atoms with van der Waals surface area (Å²) in [4.78, 5) is 23.1. The van der Waals surface area contributed by atoms with Crippen molar-refractivity contribution in [3.8, 4) is 11.5 Å². The number of aliphatic carboxylic acids is 1. The maximum absolute atomic E-state index is 12.0. The van der Waals surface area contributed by atoms with Gasteiger partial charge in [-0.2, -0.15) is 0 Å². The molecule has 0 spiro atoms. The van der Waals surface area contributed by atoms with Gasteiger partial charge in [-0.05, 0) is 43.4 Å². The summed E-state index contributed by atoms with van der Waals surface area (Å²) in [7, 11) is 1.40. The van der Waals surface area contributed by atoms with Crippen LogP contribution in [-0.4, -0.2) is 36.2 Å². The number of methoxy groups -OCH3 is 1. The van der Waals surface area contributed by atoms with Gasteiger partial charge in [-0.15, -0.1) is 0 Å². The zero-order valence-electron chi connectivity index (χ0n) is 16.9. The van der Waals surface area contributed by atoms with E-state index in [9.17, 15) is 24.9 Å². The molecule has 7 nitrogen and oxygen atoms in total. The van der Waals surface area contributed by atoms with E-state index in [1.165, 1.54) is 31.4 Å². The number of amides is 1. The number of ether oxygens (including phenoxy) is 1. The van der Waals surface area contributed by atoms with Gasteiger partial charge in [-0.1, -0.05) is 24.8 Å². The summed E-state index contributed by atoms with van der Waals surface area (Å²) >= 11 is 0. The number of hydrogen-bond acceptors (Lipinski definition) is 6. The molecule has 1 fully saturated rings. The first-order valence-electron chi connectivity index (χ1n) is 8.42. The molecule has 2 N–H and O–H groups in total. The van der Waals surface area contributed by atoms with Gasteiger partial charge < -0.3 is 30.2 Å². The second-order valence-electron chi connectivity index (χ2n) is 7.03. The van der Waals surface area contributed by atoms with Crippen LogP contribution in [0.2, 0.25) is 0 Å². The first-order chi connectivity index (χ1) is 12.2. The maximum Gasteiger partial charge on any atom is 1.00 e. The van der Waals surface area contributed by atoms with Gasteiger partial charge in [0.2, 0.25) is 5.91 Å². The molecule has 0 bridgehead atoms. The summed E-state index contributed by atoms with van der Waals surface area (Å²) in [6, 6.07) is 4.46. The topological polar surface area (TPSA) is 122 Å². The Bertz CT molecular complexity index is 714. The molecule has 0 atom stereocenters. The number of carboxylic acids is 1. The van der Waals surface area contributed by atoms with Crippen LogP contribution in [0.1, 0.15) is 38.2 Å². The first kappa shape index (κ1) is 27.5. The number of carbonyl (C=O) groups is 2. The molecule has 28 heavy (non-hydrogen) atoms. The Labute approximate surface area is 209 Å². The number of carbonyl (C=O) groups excluding carboxylic acids is 2. The van der Waals surface area contributed by atoms with E-state index in [2.05, 4.69) is 5.32 Å². The summed E-state index contributed by atoms with van der Waals surface area (Å²) in [5.74, 6) is -1.54. The van der Waals surface area contributed by atoms with E-state index >= 15 is 0 Å². The van der Waals surface area contributed by atoms with Crippen molar-refractivity contribution in [3.05, 3.63) is 29.8 Å². The molecule has 1 aliphatic rings. The molecule has 142 valence electrons. The molecule has 1 aliphatic carbocycles. The van der Waals surface area contributed by atoms with Gasteiger partial charge in [-0.25, -0.2) is 0 Å². The van der Waals surface area contributed by atoms with Crippen LogP contribution in [0, 0.1) is 5.41 Å². The van der Waals surface area contributed by atoms with Gasteiger partial charge in [0.05, 0.1) is 12.7 Å². The molecule has 1 aromatic carbocycles. The molecule has 0 radical (unpaired) electrons. The second-order valence-corrected chi connectivity index (χ2v) is 7.03. The van der Waals surface area contributed by atoms with Crippen molar-refractivity contribution in [3.63, 3.8) is 0 Å². The molecule has 1 aromatic rings. The molecule has 0 heterocycles. The minimum atomic E-state index is -1.12. The summed E-state index contributed by atoms with van der Waals surface area (Å²) in [6.07, 6.45) is 4.01. The third-order valence-electron chi connectivity index (χ3n) is 4.98. The number of hydrogen-bond donors (Lipinski definition) is 2. The maximum atomic E-state index is 12.0. The van der Waals surface area contributed by atoms with E-state index in [-0.39, 0.29) is 90.0 Å². The Balaban J connectivity index is 0.00000364. The van der Waals surface area contributed by atoms with Crippen LogP contribution in [-0.2, 0) is 9.59 Å². The van der Waals surface area contributed by atoms with E-state index in [1.807, 2.05) is 0 Å². The Morgan fingerprint density at radius 3 is 2.39 bits per heavy atom. The number of nitrogens with one attached hydrogen (secondary N) is 1. The molecular formula is C19H23NNa2O6. The van der Waals surface area contributed by atoms with Crippen molar-refractivity contribution in [2.24, 2.45) is 5.41 Å². The first-order valence-corrected chi connectivity index (χ1v) is 8.42. The fraction of sp³-hybridized carbons (Fsp3) is 0.474. The fourth-order valence-electron chi connectivity index (χ4n) is 2.92. The summed E-state index contributed by atoms with van der Waals surface area (Å²) < 4.78 is 4.94. The molecule has 1 amide bonds. The van der Waals surface area contributed by atoms with Gasteiger partial charge in [0.15, 0.2) is 0 Å². The van der Waals surface area contributed by atoms with Crippen LogP contribution in [0.4, 0.5) is 0 Å². The Kier molecular flexibility index (Phi) is 11.4. The Hall–Kier alpha value is -0.540. The van der Waals surface area contributed by atoms with Crippen molar-refractivity contribution < 1.29 is 88.8 Å². The minimum absolute atomic E-state index is 0. The van der Waals surface area contributed by atoms with E-state index in [0.29, 0.717) is 18.4 Å². The van der Waals surface area contributed by atoms with Crippen molar-refractivity contribution in [1.29, 1.82) is 0 Å². The normalized spacial score (nSPS) is 24.0. The van der Waals surface area contributed by atoms with Crippen LogP contribution in [0.25, 0.3) is 6.08 Å². The van der Waals surface area contributed by atoms with Crippen LogP contribution < -0.4 is 79.4 Å². The Morgan fingerprint density at radius 2 is 1.86 bits per heavy atom. The van der Waals surface area contributed by atoms with Crippen molar-refractivity contribution in [1.82, 2.24) is 5.32 Å². The molecule has 0 aromatic heterocycles. The van der Waals surface area contributed by atoms with Gasteiger partial charge in [-0.3, -0.25) is 4.79 Å². The van der Waals surface area contributed by atoms with Gasteiger partial charge >= 0.3 is 59.1 Å². The molecule has 0 saturated heterocycles. The number of aliphatic hydroxyl groups is 1. The number of carboxylic acid groups (broad SMARTS) is 1. The van der Waals surface area contributed by atoms with Crippen LogP contribution in [0.3, 0.4) is 0 Å².